The monoisotopic (exact) mass is 310 g/mol. The van der Waals surface area contributed by atoms with Crippen LogP contribution in [0.25, 0.3) is 10.9 Å². The van der Waals surface area contributed by atoms with Crippen LogP contribution in [0.15, 0.2) is 12.1 Å². The third-order valence-electron chi connectivity index (χ3n) is 3.60. The SMILES string of the molecule is CC(F)C(=O)Cc1nn(C)c2c(C(C)(C)C)ccc(Cl)c12. The van der Waals surface area contributed by atoms with E-state index in [2.05, 4.69) is 25.9 Å². The fourth-order valence-corrected chi connectivity index (χ4v) is 2.75. The molecule has 1 unspecified atom stereocenters. The van der Waals surface area contributed by atoms with Crippen molar-refractivity contribution in [3.8, 4) is 0 Å². The van der Waals surface area contributed by atoms with E-state index in [1.165, 1.54) is 6.92 Å². The number of carbonyl (C=O) groups excluding carboxylic acids is 1. The first-order chi connectivity index (χ1) is 9.62. The number of hydrogen-bond acceptors (Lipinski definition) is 2. The third-order valence-corrected chi connectivity index (χ3v) is 3.92. The van der Waals surface area contributed by atoms with E-state index in [9.17, 15) is 9.18 Å². The van der Waals surface area contributed by atoms with Crippen LogP contribution in [0.5, 0.6) is 0 Å². The number of ketones is 1. The van der Waals surface area contributed by atoms with E-state index in [1.54, 1.807) is 4.68 Å². The molecule has 0 saturated carbocycles. The number of aryl methyl sites for hydroxylation is 1. The van der Waals surface area contributed by atoms with Gasteiger partial charge in [-0.1, -0.05) is 38.4 Å². The molecule has 1 atom stereocenters. The highest BCUT2D eigenvalue weighted by Crippen LogP contribution is 2.35. The van der Waals surface area contributed by atoms with Crippen LogP contribution in [0.1, 0.15) is 39.0 Å². The van der Waals surface area contributed by atoms with Crippen molar-refractivity contribution >= 4 is 28.3 Å². The van der Waals surface area contributed by atoms with Gasteiger partial charge in [0, 0.05) is 12.4 Å². The zero-order valence-electron chi connectivity index (χ0n) is 13.0. The van der Waals surface area contributed by atoms with Crippen molar-refractivity contribution in [3.63, 3.8) is 0 Å². The van der Waals surface area contributed by atoms with Gasteiger partial charge >= 0.3 is 0 Å². The van der Waals surface area contributed by atoms with E-state index in [4.69, 9.17) is 11.6 Å². The first-order valence-corrected chi connectivity index (χ1v) is 7.32. The normalized spacial score (nSPS) is 13.7. The van der Waals surface area contributed by atoms with Gasteiger partial charge in [0.15, 0.2) is 12.0 Å². The van der Waals surface area contributed by atoms with E-state index in [1.807, 2.05) is 19.2 Å². The lowest BCUT2D eigenvalue weighted by atomic mass is 9.85. The summed E-state index contributed by atoms with van der Waals surface area (Å²) in [6.45, 7) is 7.57. The maximum Gasteiger partial charge on any atom is 0.172 e. The number of alkyl halides is 1. The lowest BCUT2D eigenvalue weighted by Gasteiger charge is -2.21. The second kappa shape index (κ2) is 5.41. The minimum atomic E-state index is -1.49. The van der Waals surface area contributed by atoms with Crippen molar-refractivity contribution < 1.29 is 9.18 Å². The number of nitrogens with zero attached hydrogens (tertiary/aromatic N) is 2. The number of hydrogen-bond donors (Lipinski definition) is 0. The molecule has 114 valence electrons. The number of Topliss-reactive ketones (excluding diaryl/α,β-unsaturated/α-hetero) is 1. The minimum absolute atomic E-state index is 0.0394. The number of fused-ring (bicyclic) bond motifs is 1. The van der Waals surface area contributed by atoms with Crippen molar-refractivity contribution in [2.45, 2.75) is 45.7 Å². The zero-order valence-corrected chi connectivity index (χ0v) is 13.8. The number of carbonyl (C=O) groups is 1. The summed E-state index contributed by atoms with van der Waals surface area (Å²) in [7, 11) is 1.82. The van der Waals surface area contributed by atoms with Crippen molar-refractivity contribution in [2.75, 3.05) is 0 Å². The lowest BCUT2D eigenvalue weighted by molar-refractivity contribution is -0.122. The van der Waals surface area contributed by atoms with Crippen molar-refractivity contribution in [1.29, 1.82) is 0 Å². The highest BCUT2D eigenvalue weighted by atomic mass is 35.5. The van der Waals surface area contributed by atoms with Crippen LogP contribution in [0.2, 0.25) is 5.02 Å². The molecule has 1 aromatic carbocycles. The summed E-state index contributed by atoms with van der Waals surface area (Å²) >= 11 is 6.30. The standard InChI is InChI=1S/C16H20ClFN2O/c1-9(18)13(21)8-12-14-11(17)7-6-10(16(2,3)4)15(14)20(5)19-12/h6-7,9H,8H2,1-5H3. The maximum absolute atomic E-state index is 13.1. The number of aromatic nitrogens is 2. The Hall–Kier alpha value is -1.42. The molecule has 1 heterocycles. The second-order valence-corrected chi connectivity index (χ2v) is 6.81. The van der Waals surface area contributed by atoms with Crippen LogP contribution < -0.4 is 0 Å². The molecule has 0 fully saturated rings. The fraction of sp³-hybridized carbons (Fsp3) is 0.500. The van der Waals surface area contributed by atoms with E-state index < -0.39 is 12.0 Å². The Kier molecular flexibility index (Phi) is 4.11. The van der Waals surface area contributed by atoms with Crippen molar-refractivity contribution in [3.05, 3.63) is 28.4 Å². The number of benzene rings is 1. The summed E-state index contributed by atoms with van der Waals surface area (Å²) < 4.78 is 14.9. The highest BCUT2D eigenvalue weighted by molar-refractivity contribution is 6.35. The average Bonchev–Trinajstić information content (AvgIpc) is 2.66. The molecular formula is C16H20ClFN2O. The van der Waals surface area contributed by atoms with Crippen LogP contribution in [0.3, 0.4) is 0 Å². The molecule has 21 heavy (non-hydrogen) atoms. The Bertz CT molecular complexity index is 698. The zero-order chi connectivity index (χ0) is 15.9. The largest absolute Gasteiger partial charge is 0.296 e. The topological polar surface area (TPSA) is 34.9 Å². The molecule has 0 aliphatic heterocycles. The van der Waals surface area contributed by atoms with E-state index in [0.29, 0.717) is 10.7 Å². The van der Waals surface area contributed by atoms with Crippen molar-refractivity contribution in [1.82, 2.24) is 9.78 Å². The Morgan fingerprint density at radius 2 is 2.05 bits per heavy atom. The number of halogens is 2. The molecule has 0 saturated heterocycles. The average molecular weight is 311 g/mol. The quantitative estimate of drug-likeness (QED) is 0.859. The van der Waals surface area contributed by atoms with Gasteiger partial charge in [-0.25, -0.2) is 4.39 Å². The van der Waals surface area contributed by atoms with Gasteiger partial charge in [-0.15, -0.1) is 0 Å². The molecule has 2 rings (SSSR count). The van der Waals surface area contributed by atoms with E-state index in [0.717, 1.165) is 16.5 Å². The molecule has 2 aromatic rings. The highest BCUT2D eigenvalue weighted by Gasteiger charge is 2.24. The van der Waals surface area contributed by atoms with E-state index in [-0.39, 0.29) is 11.8 Å². The molecule has 0 spiro atoms. The molecule has 0 radical (unpaired) electrons. The first-order valence-electron chi connectivity index (χ1n) is 6.94. The smallest absolute Gasteiger partial charge is 0.172 e. The predicted molar refractivity (Wildman–Crippen MR) is 83.7 cm³/mol. The van der Waals surface area contributed by atoms with E-state index >= 15 is 0 Å². The summed E-state index contributed by atoms with van der Waals surface area (Å²) in [4.78, 5) is 11.7. The van der Waals surface area contributed by atoms with Gasteiger partial charge < -0.3 is 0 Å². The molecule has 0 N–H and O–H groups in total. The Morgan fingerprint density at radius 1 is 1.43 bits per heavy atom. The molecule has 0 aliphatic carbocycles. The summed E-state index contributed by atoms with van der Waals surface area (Å²) in [5.41, 5.74) is 2.47. The molecule has 3 nitrogen and oxygen atoms in total. The molecule has 5 heteroatoms. The summed E-state index contributed by atoms with van der Waals surface area (Å²) in [5, 5.41) is 5.68. The van der Waals surface area contributed by atoms with Crippen LogP contribution in [-0.2, 0) is 23.7 Å². The van der Waals surface area contributed by atoms with Gasteiger partial charge in [0.05, 0.1) is 22.7 Å². The van der Waals surface area contributed by atoms with Gasteiger partial charge in [-0.05, 0) is 24.0 Å². The predicted octanol–water partition coefficient (Wildman–Crippen LogP) is 3.99. The fourth-order valence-electron chi connectivity index (χ4n) is 2.49. The Labute approximate surface area is 129 Å². The van der Waals surface area contributed by atoms with Crippen LogP contribution >= 0.6 is 11.6 Å². The van der Waals surface area contributed by atoms with Gasteiger partial charge in [0.1, 0.15) is 0 Å². The van der Waals surface area contributed by atoms with Gasteiger partial charge in [0.25, 0.3) is 0 Å². The Morgan fingerprint density at radius 3 is 2.57 bits per heavy atom. The molecule has 0 amide bonds. The van der Waals surface area contributed by atoms with Crippen molar-refractivity contribution in [2.24, 2.45) is 7.05 Å². The Balaban J connectivity index is 2.69. The molecule has 1 aromatic heterocycles. The number of rotatable bonds is 3. The molecular weight excluding hydrogens is 291 g/mol. The maximum atomic E-state index is 13.1. The van der Waals surface area contributed by atoms with Crippen LogP contribution in [0.4, 0.5) is 4.39 Å². The van der Waals surface area contributed by atoms with Crippen LogP contribution in [0, 0.1) is 0 Å². The van der Waals surface area contributed by atoms with Gasteiger partial charge in [-0.2, -0.15) is 5.10 Å². The summed E-state index contributed by atoms with van der Waals surface area (Å²) in [6.07, 6.45) is -1.53. The van der Waals surface area contributed by atoms with Gasteiger partial charge in [-0.3, -0.25) is 9.48 Å². The lowest BCUT2D eigenvalue weighted by Crippen LogP contribution is -2.14. The molecule has 0 bridgehead atoms. The first kappa shape index (κ1) is 16.0. The summed E-state index contributed by atoms with van der Waals surface area (Å²) in [6, 6.07) is 3.80. The van der Waals surface area contributed by atoms with Crippen LogP contribution in [-0.4, -0.2) is 21.7 Å². The summed E-state index contributed by atoms with van der Waals surface area (Å²) in [5.74, 6) is -0.479. The molecule has 0 aliphatic rings. The second-order valence-electron chi connectivity index (χ2n) is 6.40. The minimum Gasteiger partial charge on any atom is -0.296 e. The van der Waals surface area contributed by atoms with Gasteiger partial charge in [0.2, 0.25) is 0 Å². The third kappa shape index (κ3) is 2.95.